The van der Waals surface area contributed by atoms with Gasteiger partial charge in [0.25, 0.3) is 0 Å². The smallest absolute Gasteiger partial charge is 0.313 e. The number of rotatable bonds is 7. The summed E-state index contributed by atoms with van der Waals surface area (Å²) in [4.78, 5) is 14.8. The van der Waals surface area contributed by atoms with Crippen molar-refractivity contribution in [2.24, 2.45) is 5.92 Å². The van der Waals surface area contributed by atoms with Gasteiger partial charge in [0.1, 0.15) is 0 Å². The number of hydrogen-bond donors (Lipinski definition) is 1. The lowest BCUT2D eigenvalue weighted by molar-refractivity contribution is -0.133. The Kier molecular flexibility index (Phi) is 5.88. The van der Waals surface area contributed by atoms with E-state index >= 15 is 0 Å². The molecular formula is C14H22N2O3S. The van der Waals surface area contributed by atoms with E-state index in [0.29, 0.717) is 17.6 Å². The molecule has 1 aromatic rings. The largest absolute Gasteiger partial charge is 0.481 e. The van der Waals surface area contributed by atoms with Crippen molar-refractivity contribution in [1.29, 1.82) is 0 Å². The van der Waals surface area contributed by atoms with Gasteiger partial charge in [-0.3, -0.25) is 4.79 Å². The van der Waals surface area contributed by atoms with Crippen LogP contribution in [0.4, 0.5) is 0 Å². The number of nitrogens with zero attached hydrogens (tertiary/aromatic N) is 2. The van der Waals surface area contributed by atoms with E-state index in [9.17, 15) is 4.79 Å². The molecule has 0 unspecified atom stereocenters. The maximum Gasteiger partial charge on any atom is 0.313 e. The molecule has 5 nitrogen and oxygen atoms in total. The molecule has 112 valence electrons. The number of aromatic nitrogens is 2. The summed E-state index contributed by atoms with van der Waals surface area (Å²) in [6.07, 6.45) is 7.41. The molecule has 1 heterocycles. The van der Waals surface area contributed by atoms with Gasteiger partial charge in [0.15, 0.2) is 5.82 Å². The predicted octanol–water partition coefficient (Wildman–Crippen LogP) is 3.46. The molecule has 0 aliphatic heterocycles. The lowest BCUT2D eigenvalue weighted by atomic mass is 9.80. The lowest BCUT2D eigenvalue weighted by Crippen LogP contribution is -2.14. The Bertz CT molecular complexity index is 428. The Morgan fingerprint density at radius 3 is 2.80 bits per heavy atom. The van der Waals surface area contributed by atoms with Gasteiger partial charge in [-0.25, -0.2) is 0 Å². The van der Waals surface area contributed by atoms with E-state index in [1.165, 1.54) is 37.4 Å². The molecule has 0 bridgehead atoms. The Morgan fingerprint density at radius 2 is 2.15 bits per heavy atom. The van der Waals surface area contributed by atoms with E-state index in [1.54, 1.807) is 0 Å². The van der Waals surface area contributed by atoms with Crippen LogP contribution in [0.1, 0.15) is 63.1 Å². The number of aliphatic carboxylic acids is 1. The van der Waals surface area contributed by atoms with Gasteiger partial charge >= 0.3 is 5.97 Å². The highest BCUT2D eigenvalue weighted by Gasteiger charge is 2.25. The van der Waals surface area contributed by atoms with E-state index < -0.39 is 5.97 Å². The molecule has 1 fully saturated rings. The Labute approximate surface area is 123 Å². The fourth-order valence-electron chi connectivity index (χ4n) is 2.84. The number of carboxylic acids is 1. The fraction of sp³-hybridized carbons (Fsp3) is 0.786. The standard InChI is InChI=1S/C14H22N2O3S/c1-2-3-10-4-6-11(7-5-10)14-15-12(19-16-14)8-20-9-13(17)18/h10-11H,2-9H2,1H3,(H,17,18). The summed E-state index contributed by atoms with van der Waals surface area (Å²) >= 11 is 1.29. The van der Waals surface area contributed by atoms with Crippen LogP contribution < -0.4 is 0 Å². The van der Waals surface area contributed by atoms with Gasteiger partial charge in [-0.2, -0.15) is 4.98 Å². The normalized spacial score (nSPS) is 22.9. The van der Waals surface area contributed by atoms with E-state index in [4.69, 9.17) is 9.63 Å². The van der Waals surface area contributed by atoms with Crippen molar-refractivity contribution in [1.82, 2.24) is 10.1 Å². The minimum atomic E-state index is -0.816. The zero-order chi connectivity index (χ0) is 14.4. The molecule has 0 saturated heterocycles. The number of thioether (sulfide) groups is 1. The van der Waals surface area contributed by atoms with Gasteiger partial charge in [-0.1, -0.05) is 24.9 Å². The lowest BCUT2D eigenvalue weighted by Gasteiger charge is -2.26. The third-order valence-electron chi connectivity index (χ3n) is 3.84. The third-order valence-corrected chi connectivity index (χ3v) is 4.75. The molecule has 2 rings (SSSR count). The van der Waals surface area contributed by atoms with Crippen LogP contribution >= 0.6 is 11.8 Å². The van der Waals surface area contributed by atoms with Gasteiger partial charge in [0.2, 0.25) is 5.89 Å². The van der Waals surface area contributed by atoms with Gasteiger partial charge in [-0.15, -0.1) is 11.8 Å². The van der Waals surface area contributed by atoms with Crippen molar-refractivity contribution in [3.63, 3.8) is 0 Å². The van der Waals surface area contributed by atoms with Crippen LogP contribution in [0.15, 0.2) is 4.52 Å². The minimum Gasteiger partial charge on any atom is -0.481 e. The second-order valence-corrected chi connectivity index (χ2v) is 6.42. The second-order valence-electron chi connectivity index (χ2n) is 5.44. The zero-order valence-electron chi connectivity index (χ0n) is 11.9. The topological polar surface area (TPSA) is 76.2 Å². The highest BCUT2D eigenvalue weighted by atomic mass is 32.2. The van der Waals surface area contributed by atoms with Crippen LogP contribution in [-0.4, -0.2) is 27.0 Å². The molecular weight excluding hydrogens is 276 g/mol. The summed E-state index contributed by atoms with van der Waals surface area (Å²) in [5.74, 6) is 2.38. The maximum atomic E-state index is 10.4. The molecule has 1 aromatic heterocycles. The van der Waals surface area contributed by atoms with Gasteiger partial charge in [0, 0.05) is 5.92 Å². The minimum absolute atomic E-state index is 0.0693. The van der Waals surface area contributed by atoms with Gasteiger partial charge < -0.3 is 9.63 Å². The molecule has 0 amide bonds. The van der Waals surface area contributed by atoms with Crippen LogP contribution in [0, 0.1) is 5.92 Å². The molecule has 0 atom stereocenters. The van der Waals surface area contributed by atoms with Gasteiger partial charge in [0.05, 0.1) is 11.5 Å². The first-order valence-corrected chi connectivity index (χ1v) is 8.46. The van der Waals surface area contributed by atoms with Crippen molar-refractivity contribution in [2.75, 3.05) is 5.75 Å². The molecule has 0 radical (unpaired) electrons. The summed E-state index contributed by atoms with van der Waals surface area (Å²) in [5, 5.41) is 12.6. The van der Waals surface area contributed by atoms with Crippen LogP contribution in [-0.2, 0) is 10.5 Å². The first-order valence-electron chi connectivity index (χ1n) is 7.31. The molecule has 1 aliphatic rings. The molecule has 1 saturated carbocycles. The van der Waals surface area contributed by atoms with Crippen LogP contribution in [0.2, 0.25) is 0 Å². The number of hydrogen-bond acceptors (Lipinski definition) is 5. The van der Waals surface area contributed by atoms with E-state index in [2.05, 4.69) is 17.1 Å². The SMILES string of the molecule is CCCC1CCC(c2noc(CSCC(=O)O)n2)CC1. The van der Waals surface area contributed by atoms with E-state index in [-0.39, 0.29) is 5.75 Å². The van der Waals surface area contributed by atoms with Crippen LogP contribution in [0.25, 0.3) is 0 Å². The van der Waals surface area contributed by atoms with Gasteiger partial charge in [-0.05, 0) is 31.6 Å². The monoisotopic (exact) mass is 298 g/mol. The summed E-state index contributed by atoms with van der Waals surface area (Å²) < 4.78 is 5.20. The van der Waals surface area contributed by atoms with Crippen LogP contribution in [0.5, 0.6) is 0 Å². The summed E-state index contributed by atoms with van der Waals surface area (Å²) in [5.41, 5.74) is 0. The quantitative estimate of drug-likeness (QED) is 0.830. The first-order chi connectivity index (χ1) is 9.69. The number of carboxylic acid groups (broad SMARTS) is 1. The van der Waals surface area contributed by atoms with Crippen molar-refractivity contribution < 1.29 is 14.4 Å². The maximum absolute atomic E-state index is 10.4. The Hall–Kier alpha value is -1.04. The first kappa shape index (κ1) is 15.4. The molecule has 6 heteroatoms. The molecule has 0 spiro atoms. The number of carbonyl (C=O) groups is 1. The Morgan fingerprint density at radius 1 is 1.40 bits per heavy atom. The predicted molar refractivity (Wildman–Crippen MR) is 77.7 cm³/mol. The van der Waals surface area contributed by atoms with Crippen molar-refractivity contribution in [2.45, 2.75) is 57.1 Å². The average molecular weight is 298 g/mol. The highest BCUT2D eigenvalue weighted by molar-refractivity contribution is 7.99. The molecule has 1 N–H and O–H groups in total. The van der Waals surface area contributed by atoms with E-state index in [1.807, 2.05) is 0 Å². The Balaban J connectivity index is 1.79. The van der Waals surface area contributed by atoms with Crippen molar-refractivity contribution in [3.8, 4) is 0 Å². The average Bonchev–Trinajstić information content (AvgIpc) is 2.88. The molecule has 1 aliphatic carbocycles. The summed E-state index contributed by atoms with van der Waals surface area (Å²) in [7, 11) is 0. The van der Waals surface area contributed by atoms with Crippen molar-refractivity contribution in [3.05, 3.63) is 11.7 Å². The fourth-order valence-corrected chi connectivity index (χ4v) is 3.40. The van der Waals surface area contributed by atoms with E-state index in [0.717, 1.165) is 24.6 Å². The second kappa shape index (κ2) is 7.67. The van der Waals surface area contributed by atoms with Crippen molar-refractivity contribution >= 4 is 17.7 Å². The molecule has 20 heavy (non-hydrogen) atoms. The molecule has 0 aromatic carbocycles. The summed E-state index contributed by atoms with van der Waals surface area (Å²) in [6.45, 7) is 2.24. The third kappa shape index (κ3) is 4.51. The zero-order valence-corrected chi connectivity index (χ0v) is 12.7. The van der Waals surface area contributed by atoms with Crippen LogP contribution in [0.3, 0.4) is 0 Å². The highest BCUT2D eigenvalue weighted by Crippen LogP contribution is 2.36. The summed E-state index contributed by atoms with van der Waals surface area (Å²) in [6, 6.07) is 0.